The lowest BCUT2D eigenvalue weighted by Gasteiger charge is -2.31. The molecule has 0 N–H and O–H groups in total. The quantitative estimate of drug-likeness (QED) is 0.874. The van der Waals surface area contributed by atoms with Gasteiger partial charge in [0.1, 0.15) is 11.9 Å². The number of carbonyl (C=O) groups excluding carboxylic acids is 1. The van der Waals surface area contributed by atoms with E-state index in [-0.39, 0.29) is 11.9 Å². The number of rotatable bonds is 3. The predicted octanol–water partition coefficient (Wildman–Crippen LogP) is 2.42. The highest BCUT2D eigenvalue weighted by Gasteiger charge is 2.29. The number of hydrogen-bond acceptors (Lipinski definition) is 3. The molecule has 1 amide bonds. The predicted molar refractivity (Wildman–Crippen MR) is 88.1 cm³/mol. The number of nitrogens with zero attached hydrogens (tertiary/aromatic N) is 5. The molecule has 6 nitrogen and oxygen atoms in total. The van der Waals surface area contributed by atoms with Gasteiger partial charge in [-0.3, -0.25) is 4.79 Å². The molecule has 1 aliphatic heterocycles. The molecular formula is C17H25N5O. The van der Waals surface area contributed by atoms with Gasteiger partial charge in [0.25, 0.3) is 0 Å². The van der Waals surface area contributed by atoms with Crippen LogP contribution in [-0.2, 0) is 17.9 Å². The third-order valence-corrected chi connectivity index (χ3v) is 4.68. The molecule has 2 aromatic heterocycles. The first-order chi connectivity index (χ1) is 10.9. The fourth-order valence-corrected chi connectivity index (χ4v) is 3.46. The summed E-state index contributed by atoms with van der Waals surface area (Å²) < 4.78 is 4.26. The topological polar surface area (TPSA) is 56.0 Å². The molecule has 0 unspecified atom stereocenters. The average molecular weight is 315 g/mol. The molecule has 23 heavy (non-hydrogen) atoms. The van der Waals surface area contributed by atoms with Crippen molar-refractivity contribution in [3.05, 3.63) is 35.2 Å². The number of aromatic nitrogens is 4. The number of hydrogen-bond donors (Lipinski definition) is 0. The molecule has 0 saturated heterocycles. The van der Waals surface area contributed by atoms with E-state index in [1.807, 2.05) is 25.7 Å². The van der Waals surface area contributed by atoms with E-state index in [0.29, 0.717) is 19.0 Å². The first-order valence-corrected chi connectivity index (χ1v) is 8.25. The summed E-state index contributed by atoms with van der Waals surface area (Å²) in [6.07, 6.45) is 0. The van der Waals surface area contributed by atoms with Gasteiger partial charge in [0.2, 0.25) is 5.91 Å². The second kappa shape index (κ2) is 5.83. The standard InChI is InChI=1S/C17H25N5O/c1-11(2)16-19-18-15-10-20(8-9-21(15)16)17(23)14(5)22-12(3)6-7-13(22)4/h6-7,11,14H,8-10H2,1-5H3/t14-/m1/s1. The van der Waals surface area contributed by atoms with Crippen molar-refractivity contribution >= 4 is 5.91 Å². The van der Waals surface area contributed by atoms with Gasteiger partial charge in [0.05, 0.1) is 6.54 Å². The van der Waals surface area contributed by atoms with Gasteiger partial charge in [-0.2, -0.15) is 0 Å². The number of carbonyl (C=O) groups is 1. The Labute approximate surface area is 137 Å². The van der Waals surface area contributed by atoms with Crippen molar-refractivity contribution in [2.75, 3.05) is 6.54 Å². The first kappa shape index (κ1) is 15.8. The second-order valence-corrected chi connectivity index (χ2v) is 6.70. The van der Waals surface area contributed by atoms with Crippen LogP contribution in [-0.4, -0.2) is 36.7 Å². The Morgan fingerprint density at radius 2 is 1.74 bits per heavy atom. The van der Waals surface area contributed by atoms with E-state index in [2.05, 4.69) is 45.3 Å². The van der Waals surface area contributed by atoms with Gasteiger partial charge in [-0.15, -0.1) is 10.2 Å². The van der Waals surface area contributed by atoms with Gasteiger partial charge in [-0.1, -0.05) is 13.8 Å². The van der Waals surface area contributed by atoms with E-state index in [0.717, 1.165) is 29.6 Å². The Kier molecular flexibility index (Phi) is 4.00. The minimum atomic E-state index is -0.191. The molecule has 1 aliphatic rings. The Morgan fingerprint density at radius 1 is 1.09 bits per heavy atom. The van der Waals surface area contributed by atoms with E-state index in [1.54, 1.807) is 0 Å². The molecule has 3 rings (SSSR count). The second-order valence-electron chi connectivity index (χ2n) is 6.70. The van der Waals surface area contributed by atoms with Crippen molar-refractivity contribution in [1.29, 1.82) is 0 Å². The van der Waals surface area contributed by atoms with Crippen LogP contribution in [0, 0.1) is 13.8 Å². The zero-order valence-corrected chi connectivity index (χ0v) is 14.6. The van der Waals surface area contributed by atoms with Gasteiger partial charge >= 0.3 is 0 Å². The van der Waals surface area contributed by atoms with Crippen molar-refractivity contribution in [2.45, 2.75) is 59.7 Å². The molecule has 0 aliphatic carbocycles. The Morgan fingerprint density at radius 3 is 2.35 bits per heavy atom. The minimum Gasteiger partial charge on any atom is -0.337 e. The summed E-state index contributed by atoms with van der Waals surface area (Å²) in [5, 5.41) is 8.56. The van der Waals surface area contributed by atoms with Crippen molar-refractivity contribution in [1.82, 2.24) is 24.2 Å². The maximum atomic E-state index is 12.9. The normalized spacial score (nSPS) is 15.8. The number of aryl methyl sites for hydroxylation is 2. The van der Waals surface area contributed by atoms with Crippen LogP contribution in [0.1, 0.15) is 55.8 Å². The summed E-state index contributed by atoms with van der Waals surface area (Å²) in [6.45, 7) is 12.3. The lowest BCUT2D eigenvalue weighted by atomic mass is 10.2. The smallest absolute Gasteiger partial charge is 0.245 e. The monoisotopic (exact) mass is 315 g/mol. The van der Waals surface area contributed by atoms with E-state index >= 15 is 0 Å². The van der Waals surface area contributed by atoms with Gasteiger partial charge < -0.3 is 14.0 Å². The highest BCUT2D eigenvalue weighted by molar-refractivity contribution is 5.80. The fraction of sp³-hybridized carbons (Fsp3) is 0.588. The molecule has 0 aromatic carbocycles. The van der Waals surface area contributed by atoms with Crippen LogP contribution in [0.3, 0.4) is 0 Å². The van der Waals surface area contributed by atoms with E-state index in [4.69, 9.17) is 0 Å². The van der Waals surface area contributed by atoms with Crippen molar-refractivity contribution in [3.63, 3.8) is 0 Å². The van der Waals surface area contributed by atoms with Gasteiger partial charge in [0.15, 0.2) is 5.82 Å². The third kappa shape index (κ3) is 2.66. The largest absolute Gasteiger partial charge is 0.337 e. The Hall–Kier alpha value is -2.11. The van der Waals surface area contributed by atoms with Gasteiger partial charge in [-0.05, 0) is 32.9 Å². The Bertz CT molecular complexity index is 708. The SMILES string of the molecule is Cc1ccc(C)n1[C@H](C)C(=O)N1CCn2c(nnc2C(C)C)C1. The molecule has 124 valence electrons. The molecule has 3 heterocycles. The molecule has 0 radical (unpaired) electrons. The van der Waals surface area contributed by atoms with Gasteiger partial charge in [-0.25, -0.2) is 0 Å². The summed E-state index contributed by atoms with van der Waals surface area (Å²) >= 11 is 0. The highest BCUT2D eigenvalue weighted by Crippen LogP contribution is 2.22. The summed E-state index contributed by atoms with van der Waals surface area (Å²) in [5.74, 6) is 2.40. The highest BCUT2D eigenvalue weighted by atomic mass is 16.2. The lowest BCUT2D eigenvalue weighted by molar-refractivity contribution is -0.135. The van der Waals surface area contributed by atoms with Crippen LogP contribution in [0.5, 0.6) is 0 Å². The summed E-state index contributed by atoms with van der Waals surface area (Å²) in [7, 11) is 0. The zero-order valence-electron chi connectivity index (χ0n) is 14.6. The maximum absolute atomic E-state index is 12.9. The van der Waals surface area contributed by atoms with Crippen molar-refractivity contribution in [2.24, 2.45) is 0 Å². The van der Waals surface area contributed by atoms with Crippen molar-refractivity contribution in [3.8, 4) is 0 Å². The van der Waals surface area contributed by atoms with Crippen molar-refractivity contribution < 1.29 is 4.79 Å². The van der Waals surface area contributed by atoms with Gasteiger partial charge in [0, 0.05) is 30.4 Å². The van der Waals surface area contributed by atoms with Crippen LogP contribution in [0.15, 0.2) is 12.1 Å². The zero-order chi connectivity index (χ0) is 16.7. The van der Waals surface area contributed by atoms with Crippen LogP contribution in [0.4, 0.5) is 0 Å². The Balaban J connectivity index is 1.79. The summed E-state index contributed by atoms with van der Waals surface area (Å²) in [5.41, 5.74) is 2.23. The summed E-state index contributed by atoms with van der Waals surface area (Å²) in [4.78, 5) is 14.8. The number of fused-ring (bicyclic) bond motifs is 1. The third-order valence-electron chi connectivity index (χ3n) is 4.68. The molecule has 0 bridgehead atoms. The molecule has 6 heteroatoms. The lowest BCUT2D eigenvalue weighted by Crippen LogP contribution is -2.42. The minimum absolute atomic E-state index is 0.146. The molecular weight excluding hydrogens is 290 g/mol. The maximum Gasteiger partial charge on any atom is 0.245 e. The van der Waals surface area contributed by atoms with Crippen LogP contribution < -0.4 is 0 Å². The molecule has 0 saturated carbocycles. The summed E-state index contributed by atoms with van der Waals surface area (Å²) in [6, 6.07) is 3.92. The van der Waals surface area contributed by atoms with Crippen LogP contribution in [0.2, 0.25) is 0 Å². The molecule has 1 atom stereocenters. The van der Waals surface area contributed by atoms with E-state index in [9.17, 15) is 4.79 Å². The molecule has 2 aromatic rings. The van der Waals surface area contributed by atoms with E-state index < -0.39 is 0 Å². The van der Waals surface area contributed by atoms with Crippen LogP contribution in [0.25, 0.3) is 0 Å². The number of amides is 1. The molecule has 0 fully saturated rings. The fourth-order valence-electron chi connectivity index (χ4n) is 3.46. The molecule has 0 spiro atoms. The average Bonchev–Trinajstić information content (AvgIpc) is 3.08. The first-order valence-electron chi connectivity index (χ1n) is 8.25. The van der Waals surface area contributed by atoms with Crippen LogP contribution >= 0.6 is 0 Å². The van der Waals surface area contributed by atoms with E-state index in [1.165, 1.54) is 0 Å².